The van der Waals surface area contributed by atoms with Crippen molar-refractivity contribution in [3.05, 3.63) is 47.5 Å². The van der Waals surface area contributed by atoms with E-state index in [1.807, 2.05) is 4.57 Å². The van der Waals surface area contributed by atoms with E-state index in [2.05, 4.69) is 15.5 Å². The first kappa shape index (κ1) is 17.4. The molecule has 1 saturated heterocycles. The maximum atomic E-state index is 13.7. The number of fused-ring (bicyclic) bond motifs is 1. The molecule has 27 heavy (non-hydrogen) atoms. The summed E-state index contributed by atoms with van der Waals surface area (Å²) >= 11 is 0. The van der Waals surface area contributed by atoms with E-state index in [4.69, 9.17) is 0 Å². The number of amides is 3. The number of nitrogens with one attached hydrogen (secondary N) is 1. The Balaban J connectivity index is 1.52. The molecule has 1 fully saturated rings. The van der Waals surface area contributed by atoms with Crippen molar-refractivity contribution in [3.63, 3.8) is 0 Å². The van der Waals surface area contributed by atoms with E-state index < -0.39 is 23.7 Å². The van der Waals surface area contributed by atoms with E-state index in [0.29, 0.717) is 31.0 Å². The van der Waals surface area contributed by atoms with Crippen LogP contribution in [-0.4, -0.2) is 56.1 Å². The second kappa shape index (κ2) is 6.60. The molecule has 0 radical (unpaired) electrons. The summed E-state index contributed by atoms with van der Waals surface area (Å²) in [7, 11) is 1.59. The van der Waals surface area contributed by atoms with Crippen LogP contribution < -0.4 is 5.32 Å². The minimum Gasteiger partial charge on any atom is -0.337 e. The Labute approximate surface area is 153 Å². The third-order valence-electron chi connectivity index (χ3n) is 5.11. The Bertz CT molecular complexity index is 901. The monoisotopic (exact) mass is 376 g/mol. The zero-order chi connectivity index (χ0) is 19.1. The maximum absolute atomic E-state index is 13.7. The number of aromatic nitrogens is 3. The van der Waals surface area contributed by atoms with Crippen molar-refractivity contribution in [1.82, 2.24) is 29.9 Å². The predicted octanol–water partition coefficient (Wildman–Crippen LogP) is 1.05. The molecule has 2 aromatic rings. The molecule has 0 saturated carbocycles. The minimum atomic E-state index is -0.985. The van der Waals surface area contributed by atoms with Crippen LogP contribution in [0, 0.1) is 11.6 Å². The van der Waals surface area contributed by atoms with E-state index >= 15 is 0 Å². The molecule has 0 spiro atoms. The second-order valence-electron chi connectivity index (χ2n) is 6.75. The van der Waals surface area contributed by atoms with Crippen LogP contribution in [0.15, 0.2) is 24.5 Å². The van der Waals surface area contributed by atoms with Crippen LogP contribution in [0.2, 0.25) is 0 Å². The fourth-order valence-electron chi connectivity index (χ4n) is 3.64. The van der Waals surface area contributed by atoms with E-state index in [-0.39, 0.29) is 18.4 Å². The number of carbonyl (C=O) groups is 2. The summed E-state index contributed by atoms with van der Waals surface area (Å²) in [6.07, 6.45) is 1.71. The van der Waals surface area contributed by atoms with Crippen LogP contribution in [0.25, 0.3) is 0 Å². The van der Waals surface area contributed by atoms with Crippen LogP contribution in [0.3, 0.4) is 0 Å². The molecule has 3 amide bonds. The van der Waals surface area contributed by atoms with Gasteiger partial charge in [0.15, 0.2) is 17.5 Å². The van der Waals surface area contributed by atoms with Gasteiger partial charge in [0.05, 0.1) is 18.6 Å². The maximum Gasteiger partial charge on any atom is 0.318 e. The highest BCUT2D eigenvalue weighted by molar-refractivity contribution is 5.82. The van der Waals surface area contributed by atoms with Gasteiger partial charge in [0.1, 0.15) is 6.33 Å². The molecule has 2 aliphatic heterocycles. The van der Waals surface area contributed by atoms with Crippen molar-refractivity contribution in [2.45, 2.75) is 31.6 Å². The quantitative estimate of drug-likeness (QED) is 0.849. The highest BCUT2D eigenvalue weighted by Gasteiger charge is 2.40. The lowest BCUT2D eigenvalue weighted by Crippen LogP contribution is -2.48. The van der Waals surface area contributed by atoms with Gasteiger partial charge in [-0.25, -0.2) is 13.6 Å². The van der Waals surface area contributed by atoms with Gasteiger partial charge in [0.2, 0.25) is 5.91 Å². The number of likely N-dealkylation sites (N-methyl/N-ethyl adjacent to an activating group) is 1. The van der Waals surface area contributed by atoms with Gasteiger partial charge in [-0.2, -0.15) is 0 Å². The average Bonchev–Trinajstić information content (AvgIpc) is 3.22. The number of nitrogens with zero attached hydrogens (tertiary/aromatic N) is 5. The van der Waals surface area contributed by atoms with Crippen molar-refractivity contribution in [2.24, 2.45) is 0 Å². The van der Waals surface area contributed by atoms with Crippen molar-refractivity contribution < 1.29 is 18.4 Å². The Kier molecular flexibility index (Phi) is 4.25. The van der Waals surface area contributed by atoms with Gasteiger partial charge in [0, 0.05) is 26.6 Å². The summed E-state index contributed by atoms with van der Waals surface area (Å²) in [6.45, 7) is 1.40. The molecule has 1 aromatic carbocycles. The second-order valence-corrected chi connectivity index (χ2v) is 6.75. The molecule has 4 rings (SSSR count). The fraction of sp³-hybridized carbons (Fsp3) is 0.412. The van der Waals surface area contributed by atoms with Crippen LogP contribution in [0.1, 0.15) is 23.9 Å². The SMILES string of the molecule is CN1C(=O)C[C@H](NC(=O)N2CCn3cnnc3C2)[C@H]1c1ccc(F)c(F)c1. The Morgan fingerprint density at radius 2 is 2.07 bits per heavy atom. The lowest BCUT2D eigenvalue weighted by Gasteiger charge is -2.31. The average molecular weight is 376 g/mol. The number of hydrogen-bond donors (Lipinski definition) is 1. The van der Waals surface area contributed by atoms with E-state index in [0.717, 1.165) is 12.1 Å². The molecule has 0 bridgehead atoms. The number of benzene rings is 1. The molecule has 1 N–H and O–H groups in total. The smallest absolute Gasteiger partial charge is 0.318 e. The summed E-state index contributed by atoms with van der Waals surface area (Å²) < 4.78 is 28.8. The summed E-state index contributed by atoms with van der Waals surface area (Å²) in [6, 6.07) is 2.09. The standard InChI is InChI=1S/C17H18F2N6O2/c1-23-15(26)7-13(16(23)10-2-3-11(18)12(19)6-10)21-17(27)24-4-5-25-9-20-22-14(25)8-24/h2-3,6,9,13,16H,4-5,7-8H2,1H3,(H,21,27)/t13-,16+/m0/s1. The van der Waals surface area contributed by atoms with Gasteiger partial charge >= 0.3 is 6.03 Å². The highest BCUT2D eigenvalue weighted by atomic mass is 19.2. The van der Waals surface area contributed by atoms with Crippen molar-refractivity contribution >= 4 is 11.9 Å². The Morgan fingerprint density at radius 1 is 1.26 bits per heavy atom. The molecule has 0 unspecified atom stereocenters. The third kappa shape index (κ3) is 3.11. The van der Waals surface area contributed by atoms with Gasteiger partial charge in [-0.1, -0.05) is 6.07 Å². The number of hydrogen-bond acceptors (Lipinski definition) is 4. The molecular weight excluding hydrogens is 358 g/mol. The van der Waals surface area contributed by atoms with Gasteiger partial charge < -0.3 is 19.7 Å². The van der Waals surface area contributed by atoms with E-state index in [1.165, 1.54) is 11.0 Å². The number of rotatable bonds is 2. The first-order valence-electron chi connectivity index (χ1n) is 8.57. The van der Waals surface area contributed by atoms with E-state index in [9.17, 15) is 18.4 Å². The van der Waals surface area contributed by atoms with Crippen LogP contribution in [-0.2, 0) is 17.9 Å². The molecule has 8 nitrogen and oxygen atoms in total. The highest BCUT2D eigenvalue weighted by Crippen LogP contribution is 2.32. The molecule has 10 heteroatoms. The molecule has 142 valence electrons. The fourth-order valence-corrected chi connectivity index (χ4v) is 3.64. The van der Waals surface area contributed by atoms with Crippen LogP contribution >= 0.6 is 0 Å². The first-order chi connectivity index (χ1) is 12.9. The van der Waals surface area contributed by atoms with Crippen LogP contribution in [0.4, 0.5) is 13.6 Å². The number of urea groups is 1. The topological polar surface area (TPSA) is 83.4 Å². The predicted molar refractivity (Wildman–Crippen MR) is 89.2 cm³/mol. The number of halogens is 2. The number of carbonyl (C=O) groups excluding carboxylic acids is 2. The molecule has 3 heterocycles. The minimum absolute atomic E-state index is 0.0932. The summed E-state index contributed by atoms with van der Waals surface area (Å²) in [4.78, 5) is 27.9. The summed E-state index contributed by atoms with van der Waals surface area (Å²) in [5.41, 5.74) is 0.436. The number of likely N-dealkylation sites (tertiary alicyclic amines) is 1. The Hall–Kier alpha value is -3.04. The third-order valence-corrected chi connectivity index (χ3v) is 5.11. The van der Waals surface area contributed by atoms with Crippen LogP contribution in [0.5, 0.6) is 0 Å². The lowest BCUT2D eigenvalue weighted by atomic mass is 10.00. The molecule has 0 aliphatic carbocycles. The zero-order valence-corrected chi connectivity index (χ0v) is 14.6. The summed E-state index contributed by atoms with van der Waals surface area (Å²) in [5, 5.41) is 10.7. The molecule has 2 atom stereocenters. The van der Waals surface area contributed by atoms with Gasteiger partial charge in [-0.15, -0.1) is 10.2 Å². The van der Waals surface area contributed by atoms with Gasteiger partial charge in [-0.05, 0) is 17.7 Å². The lowest BCUT2D eigenvalue weighted by molar-refractivity contribution is -0.127. The molecular formula is C17H18F2N6O2. The Morgan fingerprint density at radius 3 is 2.85 bits per heavy atom. The first-order valence-corrected chi connectivity index (χ1v) is 8.57. The summed E-state index contributed by atoms with van der Waals surface area (Å²) in [5.74, 6) is -1.42. The normalized spacial score (nSPS) is 22.1. The largest absolute Gasteiger partial charge is 0.337 e. The zero-order valence-electron chi connectivity index (χ0n) is 14.6. The van der Waals surface area contributed by atoms with Crippen molar-refractivity contribution in [2.75, 3.05) is 13.6 Å². The molecule has 2 aliphatic rings. The van der Waals surface area contributed by atoms with Gasteiger partial charge in [-0.3, -0.25) is 4.79 Å². The van der Waals surface area contributed by atoms with Crippen molar-refractivity contribution in [3.8, 4) is 0 Å². The van der Waals surface area contributed by atoms with Gasteiger partial charge in [0.25, 0.3) is 0 Å². The molecule has 1 aromatic heterocycles. The van der Waals surface area contributed by atoms with Crippen molar-refractivity contribution in [1.29, 1.82) is 0 Å². The van der Waals surface area contributed by atoms with E-state index in [1.54, 1.807) is 18.3 Å².